The van der Waals surface area contributed by atoms with Crippen molar-refractivity contribution in [1.29, 1.82) is 0 Å². The zero-order chi connectivity index (χ0) is 7.28. The minimum atomic E-state index is 0.655. The second-order valence-electron chi connectivity index (χ2n) is 2.48. The van der Waals surface area contributed by atoms with Gasteiger partial charge in [0.05, 0.1) is 0 Å². The van der Waals surface area contributed by atoms with Crippen LogP contribution in [0.3, 0.4) is 0 Å². The second-order valence-corrected chi connectivity index (χ2v) is 2.48. The quantitative estimate of drug-likeness (QED) is 0.505. The standard InChI is InChI=1S/C9H16/c1-5-7-9(6-2)8(3)4/h5,9H,1,3,6-7H2,2,4H3. The third-order valence-corrected chi connectivity index (χ3v) is 1.64. The van der Waals surface area contributed by atoms with E-state index in [9.17, 15) is 0 Å². The first-order chi connectivity index (χ1) is 4.22. The van der Waals surface area contributed by atoms with Crippen molar-refractivity contribution in [3.05, 3.63) is 24.8 Å². The van der Waals surface area contributed by atoms with Gasteiger partial charge in [0.15, 0.2) is 0 Å². The van der Waals surface area contributed by atoms with Crippen LogP contribution in [0, 0.1) is 5.92 Å². The minimum Gasteiger partial charge on any atom is -0.103 e. The fourth-order valence-corrected chi connectivity index (χ4v) is 0.917. The molecule has 0 saturated carbocycles. The molecule has 0 saturated heterocycles. The van der Waals surface area contributed by atoms with E-state index in [0.717, 1.165) is 6.42 Å². The fraction of sp³-hybridized carbons (Fsp3) is 0.556. The van der Waals surface area contributed by atoms with E-state index in [1.54, 1.807) is 0 Å². The number of hydrogen-bond acceptors (Lipinski definition) is 0. The van der Waals surface area contributed by atoms with Crippen molar-refractivity contribution in [2.24, 2.45) is 5.92 Å². The molecule has 0 aliphatic heterocycles. The zero-order valence-electron chi connectivity index (χ0n) is 6.48. The Hall–Kier alpha value is -0.520. The van der Waals surface area contributed by atoms with Crippen LogP contribution in [-0.2, 0) is 0 Å². The van der Waals surface area contributed by atoms with Crippen molar-refractivity contribution in [2.45, 2.75) is 26.7 Å². The van der Waals surface area contributed by atoms with Crippen LogP contribution >= 0.6 is 0 Å². The molecule has 0 fully saturated rings. The minimum absolute atomic E-state index is 0.655. The van der Waals surface area contributed by atoms with E-state index < -0.39 is 0 Å². The van der Waals surface area contributed by atoms with Crippen LogP contribution in [0.1, 0.15) is 26.7 Å². The summed E-state index contributed by atoms with van der Waals surface area (Å²) < 4.78 is 0. The highest BCUT2D eigenvalue weighted by Gasteiger charge is 2.02. The maximum atomic E-state index is 3.90. The van der Waals surface area contributed by atoms with E-state index in [1.165, 1.54) is 12.0 Å². The van der Waals surface area contributed by atoms with E-state index in [4.69, 9.17) is 0 Å². The van der Waals surface area contributed by atoms with Crippen molar-refractivity contribution in [1.82, 2.24) is 0 Å². The van der Waals surface area contributed by atoms with Gasteiger partial charge in [0.1, 0.15) is 0 Å². The fourth-order valence-electron chi connectivity index (χ4n) is 0.917. The van der Waals surface area contributed by atoms with E-state index in [-0.39, 0.29) is 0 Å². The van der Waals surface area contributed by atoms with Crippen LogP contribution in [0.15, 0.2) is 24.8 Å². The zero-order valence-corrected chi connectivity index (χ0v) is 6.48. The van der Waals surface area contributed by atoms with Gasteiger partial charge in [-0.3, -0.25) is 0 Å². The predicted octanol–water partition coefficient (Wildman–Crippen LogP) is 3.16. The first kappa shape index (κ1) is 8.48. The lowest BCUT2D eigenvalue weighted by atomic mass is 9.96. The molecule has 0 bridgehead atoms. The number of hydrogen-bond donors (Lipinski definition) is 0. The van der Waals surface area contributed by atoms with Crippen molar-refractivity contribution in [2.75, 3.05) is 0 Å². The average molecular weight is 124 g/mol. The van der Waals surface area contributed by atoms with Gasteiger partial charge in [-0.25, -0.2) is 0 Å². The largest absolute Gasteiger partial charge is 0.103 e. The molecule has 0 spiro atoms. The molecular weight excluding hydrogens is 108 g/mol. The van der Waals surface area contributed by atoms with E-state index >= 15 is 0 Å². The van der Waals surface area contributed by atoms with Gasteiger partial charge in [0.2, 0.25) is 0 Å². The summed E-state index contributed by atoms with van der Waals surface area (Å²) in [7, 11) is 0. The molecule has 1 unspecified atom stereocenters. The Kier molecular flexibility index (Phi) is 4.12. The van der Waals surface area contributed by atoms with Crippen molar-refractivity contribution >= 4 is 0 Å². The maximum Gasteiger partial charge on any atom is -0.0177 e. The Morgan fingerprint density at radius 1 is 1.67 bits per heavy atom. The first-order valence-electron chi connectivity index (χ1n) is 3.48. The molecule has 0 amide bonds. The molecular formula is C9H16. The van der Waals surface area contributed by atoms with Crippen LogP contribution in [0.5, 0.6) is 0 Å². The van der Waals surface area contributed by atoms with Gasteiger partial charge in [0, 0.05) is 0 Å². The molecule has 0 N–H and O–H groups in total. The molecule has 1 atom stereocenters. The number of rotatable bonds is 4. The summed E-state index contributed by atoms with van der Waals surface area (Å²) in [5, 5.41) is 0. The van der Waals surface area contributed by atoms with Gasteiger partial charge in [-0.2, -0.15) is 0 Å². The third kappa shape index (κ3) is 3.12. The third-order valence-electron chi connectivity index (χ3n) is 1.64. The summed E-state index contributed by atoms with van der Waals surface area (Å²) in [6.45, 7) is 11.9. The van der Waals surface area contributed by atoms with Gasteiger partial charge >= 0.3 is 0 Å². The Labute approximate surface area is 58.3 Å². The van der Waals surface area contributed by atoms with Gasteiger partial charge in [-0.05, 0) is 25.7 Å². The second kappa shape index (κ2) is 4.37. The van der Waals surface area contributed by atoms with Crippen molar-refractivity contribution in [3.8, 4) is 0 Å². The van der Waals surface area contributed by atoms with Crippen LogP contribution in [0.4, 0.5) is 0 Å². The lowest BCUT2D eigenvalue weighted by Crippen LogP contribution is -1.96. The summed E-state index contributed by atoms with van der Waals surface area (Å²) in [6.07, 6.45) is 4.22. The summed E-state index contributed by atoms with van der Waals surface area (Å²) in [5.41, 5.74) is 1.28. The van der Waals surface area contributed by atoms with Gasteiger partial charge in [-0.1, -0.05) is 25.2 Å². The smallest absolute Gasteiger partial charge is 0.0177 e. The van der Waals surface area contributed by atoms with Gasteiger partial charge < -0.3 is 0 Å². The van der Waals surface area contributed by atoms with E-state index in [1.807, 2.05) is 6.08 Å². The first-order valence-corrected chi connectivity index (χ1v) is 3.48. The molecule has 0 nitrogen and oxygen atoms in total. The van der Waals surface area contributed by atoms with Crippen LogP contribution in [0.2, 0.25) is 0 Å². The Morgan fingerprint density at radius 2 is 2.22 bits per heavy atom. The topological polar surface area (TPSA) is 0 Å². The summed E-state index contributed by atoms with van der Waals surface area (Å²) in [6, 6.07) is 0. The van der Waals surface area contributed by atoms with Crippen LogP contribution in [0.25, 0.3) is 0 Å². The van der Waals surface area contributed by atoms with Gasteiger partial charge in [0.25, 0.3) is 0 Å². The monoisotopic (exact) mass is 124 g/mol. The molecule has 0 aliphatic carbocycles. The molecule has 0 aromatic rings. The highest BCUT2D eigenvalue weighted by molar-refractivity contribution is 4.97. The summed E-state index contributed by atoms with van der Waals surface area (Å²) >= 11 is 0. The normalized spacial score (nSPS) is 12.7. The van der Waals surface area contributed by atoms with Gasteiger partial charge in [-0.15, -0.1) is 6.58 Å². The highest BCUT2D eigenvalue weighted by atomic mass is 14.1. The van der Waals surface area contributed by atoms with Crippen LogP contribution in [-0.4, -0.2) is 0 Å². The Bertz CT molecular complexity index is 101. The molecule has 9 heavy (non-hydrogen) atoms. The SMILES string of the molecule is C=CCC(CC)C(=C)C. The Balaban J connectivity index is 3.67. The molecule has 0 aromatic carbocycles. The lowest BCUT2D eigenvalue weighted by Gasteiger charge is -2.10. The molecule has 0 rings (SSSR count). The molecule has 0 radical (unpaired) electrons. The van der Waals surface area contributed by atoms with Crippen molar-refractivity contribution in [3.63, 3.8) is 0 Å². The average Bonchev–Trinajstić information content (AvgIpc) is 1.82. The molecule has 0 aliphatic rings. The van der Waals surface area contributed by atoms with E-state index in [2.05, 4.69) is 27.0 Å². The maximum absolute atomic E-state index is 3.90. The molecule has 0 heterocycles. The lowest BCUT2D eigenvalue weighted by molar-refractivity contribution is 0.603. The number of allylic oxidation sites excluding steroid dienone is 2. The summed E-state index contributed by atoms with van der Waals surface area (Å²) in [5.74, 6) is 0.655. The Morgan fingerprint density at radius 3 is 2.33 bits per heavy atom. The van der Waals surface area contributed by atoms with Crippen LogP contribution < -0.4 is 0 Å². The predicted molar refractivity (Wildman–Crippen MR) is 43.4 cm³/mol. The van der Waals surface area contributed by atoms with E-state index in [0.29, 0.717) is 5.92 Å². The highest BCUT2D eigenvalue weighted by Crippen LogP contribution is 2.16. The molecule has 0 heteroatoms. The molecule has 52 valence electrons. The van der Waals surface area contributed by atoms with Crippen molar-refractivity contribution < 1.29 is 0 Å². The summed E-state index contributed by atoms with van der Waals surface area (Å²) in [4.78, 5) is 0. The molecule has 0 aromatic heterocycles.